The molecule has 0 saturated carbocycles. The van der Waals surface area contributed by atoms with E-state index in [4.69, 9.17) is 11.6 Å². The van der Waals surface area contributed by atoms with E-state index in [0.29, 0.717) is 28.8 Å². The minimum atomic E-state index is -0.190. The molecule has 30 heavy (non-hydrogen) atoms. The summed E-state index contributed by atoms with van der Waals surface area (Å²) in [6.07, 6.45) is 0.895. The van der Waals surface area contributed by atoms with Gasteiger partial charge in [-0.05, 0) is 36.8 Å². The van der Waals surface area contributed by atoms with Crippen molar-refractivity contribution < 1.29 is 9.59 Å². The van der Waals surface area contributed by atoms with Crippen LogP contribution in [0.15, 0.2) is 47.8 Å². The highest BCUT2D eigenvalue weighted by atomic mass is 35.5. The maximum Gasteiger partial charge on any atom is 0.257 e. The lowest BCUT2D eigenvalue weighted by Gasteiger charge is -2.34. The van der Waals surface area contributed by atoms with Crippen LogP contribution < -0.4 is 10.2 Å². The number of aromatic nitrogens is 1. The summed E-state index contributed by atoms with van der Waals surface area (Å²) in [5.74, 6) is -0.190. The predicted octanol–water partition coefficient (Wildman–Crippen LogP) is 4.30. The number of carbonyl (C=O) groups excluding carboxylic acids is 2. The largest absolute Gasteiger partial charge is 0.368 e. The number of thiazole rings is 1. The van der Waals surface area contributed by atoms with E-state index in [1.54, 1.807) is 4.90 Å². The summed E-state index contributed by atoms with van der Waals surface area (Å²) >= 11 is 7.61. The zero-order valence-corrected chi connectivity index (χ0v) is 18.0. The first-order valence-corrected chi connectivity index (χ1v) is 10.9. The van der Waals surface area contributed by atoms with Crippen molar-refractivity contribution >= 4 is 46.1 Å². The van der Waals surface area contributed by atoms with Gasteiger partial charge in [-0.2, -0.15) is 0 Å². The van der Waals surface area contributed by atoms with Crippen LogP contribution in [0, 0.1) is 6.92 Å². The average molecular weight is 441 g/mol. The van der Waals surface area contributed by atoms with Crippen LogP contribution in [0.1, 0.15) is 15.9 Å². The second-order valence-electron chi connectivity index (χ2n) is 7.10. The van der Waals surface area contributed by atoms with Crippen LogP contribution in [0.2, 0.25) is 5.02 Å². The molecule has 154 valence electrons. The number of piperazine rings is 1. The smallest absolute Gasteiger partial charge is 0.257 e. The number of nitrogens with zero attached hydrogens (tertiary/aromatic N) is 3. The zero-order valence-electron chi connectivity index (χ0n) is 16.5. The zero-order chi connectivity index (χ0) is 21.1. The van der Waals surface area contributed by atoms with Gasteiger partial charge in [0.25, 0.3) is 5.91 Å². The quantitative estimate of drug-likeness (QED) is 0.600. The fraction of sp³-hybridized carbons (Fsp3) is 0.227. The van der Waals surface area contributed by atoms with Gasteiger partial charge in [-0.25, -0.2) is 4.98 Å². The number of halogens is 1. The van der Waals surface area contributed by atoms with Crippen molar-refractivity contribution in [1.29, 1.82) is 0 Å². The number of benzene rings is 2. The maximum absolute atomic E-state index is 12.8. The van der Waals surface area contributed by atoms with Crippen molar-refractivity contribution in [3.63, 3.8) is 0 Å². The molecule has 0 unspecified atom stereocenters. The Balaban J connectivity index is 1.45. The highest BCUT2D eigenvalue weighted by Gasteiger charge is 2.18. The van der Waals surface area contributed by atoms with Gasteiger partial charge in [0.2, 0.25) is 6.41 Å². The van der Waals surface area contributed by atoms with E-state index in [1.807, 2.05) is 54.8 Å². The second kappa shape index (κ2) is 8.85. The van der Waals surface area contributed by atoms with E-state index < -0.39 is 0 Å². The van der Waals surface area contributed by atoms with Crippen LogP contribution in [0.5, 0.6) is 0 Å². The average Bonchev–Trinajstić information content (AvgIpc) is 3.22. The number of nitrogens with one attached hydrogen (secondary N) is 1. The van der Waals surface area contributed by atoms with Crippen molar-refractivity contribution in [2.45, 2.75) is 6.92 Å². The lowest BCUT2D eigenvalue weighted by molar-refractivity contribution is -0.118. The monoisotopic (exact) mass is 440 g/mol. The van der Waals surface area contributed by atoms with E-state index in [-0.39, 0.29) is 5.91 Å². The molecular formula is C22H21ClN4O2S. The number of hydrogen-bond donors (Lipinski definition) is 1. The van der Waals surface area contributed by atoms with Gasteiger partial charge in [0, 0.05) is 53.4 Å². The molecule has 1 aliphatic heterocycles. The molecular weight excluding hydrogens is 420 g/mol. The van der Waals surface area contributed by atoms with Gasteiger partial charge >= 0.3 is 0 Å². The number of aryl methyl sites for hydroxylation is 1. The Labute approximate surface area is 184 Å². The summed E-state index contributed by atoms with van der Waals surface area (Å²) in [4.78, 5) is 32.2. The van der Waals surface area contributed by atoms with Gasteiger partial charge in [0.1, 0.15) is 0 Å². The molecule has 6 nitrogen and oxygen atoms in total. The van der Waals surface area contributed by atoms with Gasteiger partial charge in [-0.15, -0.1) is 11.3 Å². The highest BCUT2D eigenvalue weighted by molar-refractivity contribution is 7.14. The minimum absolute atomic E-state index is 0.190. The molecule has 2 heterocycles. The minimum Gasteiger partial charge on any atom is -0.368 e. The summed E-state index contributed by atoms with van der Waals surface area (Å²) in [5, 5.41) is 5.92. The third-order valence-electron chi connectivity index (χ3n) is 5.16. The number of anilines is 2. The molecule has 1 fully saturated rings. The van der Waals surface area contributed by atoms with Gasteiger partial charge in [-0.1, -0.05) is 29.8 Å². The SMILES string of the molecule is Cc1cc(N2CCN(C=O)CC2)ccc1C(=O)Nc1nc(-c2ccccc2Cl)cs1. The molecule has 1 saturated heterocycles. The van der Waals surface area contributed by atoms with Crippen LogP contribution in [0.4, 0.5) is 10.8 Å². The Morgan fingerprint density at radius 3 is 2.63 bits per heavy atom. The van der Waals surface area contributed by atoms with Gasteiger partial charge in [0.15, 0.2) is 5.13 Å². The van der Waals surface area contributed by atoms with Crippen LogP contribution in [0.3, 0.4) is 0 Å². The van der Waals surface area contributed by atoms with E-state index in [2.05, 4.69) is 15.2 Å². The first-order chi connectivity index (χ1) is 14.5. The Morgan fingerprint density at radius 2 is 1.93 bits per heavy atom. The van der Waals surface area contributed by atoms with E-state index >= 15 is 0 Å². The Kier molecular flexibility index (Phi) is 6.01. The van der Waals surface area contributed by atoms with Gasteiger partial charge < -0.3 is 9.80 Å². The molecule has 0 aliphatic carbocycles. The molecule has 0 radical (unpaired) electrons. The molecule has 4 rings (SSSR count). The van der Waals surface area contributed by atoms with Crippen LogP contribution in [-0.2, 0) is 4.79 Å². The summed E-state index contributed by atoms with van der Waals surface area (Å²) in [5.41, 5.74) is 4.14. The number of hydrogen-bond acceptors (Lipinski definition) is 5. The molecule has 3 aromatic rings. The Bertz CT molecular complexity index is 1080. The lowest BCUT2D eigenvalue weighted by Crippen LogP contribution is -2.45. The summed E-state index contributed by atoms with van der Waals surface area (Å²) < 4.78 is 0. The van der Waals surface area contributed by atoms with E-state index in [0.717, 1.165) is 42.0 Å². The molecule has 2 amide bonds. The maximum atomic E-state index is 12.8. The van der Waals surface area contributed by atoms with Crippen LogP contribution in [-0.4, -0.2) is 48.4 Å². The predicted molar refractivity (Wildman–Crippen MR) is 122 cm³/mol. The van der Waals surface area contributed by atoms with Gasteiger partial charge in [0.05, 0.1) is 5.69 Å². The molecule has 0 atom stereocenters. The van der Waals surface area contributed by atoms with Crippen molar-refractivity contribution in [2.75, 3.05) is 36.4 Å². The molecule has 8 heteroatoms. The lowest BCUT2D eigenvalue weighted by atomic mass is 10.1. The van der Waals surface area contributed by atoms with Crippen molar-refractivity contribution in [1.82, 2.24) is 9.88 Å². The number of carbonyl (C=O) groups is 2. The molecule has 1 N–H and O–H groups in total. The summed E-state index contributed by atoms with van der Waals surface area (Å²) in [6, 6.07) is 13.3. The molecule has 2 aromatic carbocycles. The molecule has 0 spiro atoms. The summed E-state index contributed by atoms with van der Waals surface area (Å²) in [6.45, 7) is 4.92. The van der Waals surface area contributed by atoms with Gasteiger partial charge in [-0.3, -0.25) is 14.9 Å². The fourth-order valence-electron chi connectivity index (χ4n) is 3.47. The first kappa shape index (κ1) is 20.4. The third-order valence-corrected chi connectivity index (χ3v) is 6.24. The number of amides is 2. The standard InChI is InChI=1S/C22H21ClN4O2S/c1-15-12-16(27-10-8-26(14-28)9-11-27)6-7-17(15)21(29)25-22-24-20(13-30-22)18-4-2-3-5-19(18)23/h2-7,12-14H,8-11H2,1H3,(H,24,25,29). The Morgan fingerprint density at radius 1 is 1.17 bits per heavy atom. The Hall–Kier alpha value is -2.90. The second-order valence-corrected chi connectivity index (χ2v) is 8.36. The normalized spacial score (nSPS) is 13.9. The fourth-order valence-corrected chi connectivity index (χ4v) is 4.41. The molecule has 1 aromatic heterocycles. The first-order valence-electron chi connectivity index (χ1n) is 9.62. The molecule has 1 aliphatic rings. The van der Waals surface area contributed by atoms with E-state index in [1.165, 1.54) is 11.3 Å². The van der Waals surface area contributed by atoms with Crippen LogP contribution >= 0.6 is 22.9 Å². The van der Waals surface area contributed by atoms with E-state index in [9.17, 15) is 9.59 Å². The molecule has 0 bridgehead atoms. The number of rotatable bonds is 5. The topological polar surface area (TPSA) is 65.5 Å². The van der Waals surface area contributed by atoms with Crippen molar-refractivity contribution in [3.8, 4) is 11.3 Å². The van der Waals surface area contributed by atoms with Crippen molar-refractivity contribution in [2.24, 2.45) is 0 Å². The highest BCUT2D eigenvalue weighted by Crippen LogP contribution is 2.30. The van der Waals surface area contributed by atoms with Crippen LogP contribution in [0.25, 0.3) is 11.3 Å². The van der Waals surface area contributed by atoms with Crippen molar-refractivity contribution in [3.05, 3.63) is 64.0 Å². The summed E-state index contributed by atoms with van der Waals surface area (Å²) in [7, 11) is 0. The third kappa shape index (κ3) is 4.32.